The van der Waals surface area contributed by atoms with Crippen molar-refractivity contribution in [2.75, 3.05) is 18.4 Å². The maximum Gasteiger partial charge on any atom is 0.0638 e. The van der Waals surface area contributed by atoms with Gasteiger partial charge in [-0.3, -0.25) is 0 Å². The summed E-state index contributed by atoms with van der Waals surface area (Å²) < 4.78 is 0. The fourth-order valence-electron chi connectivity index (χ4n) is 2.02. The first-order chi connectivity index (χ1) is 7.75. The van der Waals surface area contributed by atoms with E-state index in [2.05, 4.69) is 10.6 Å². The molecule has 1 aliphatic rings. The molecular weight excluding hydrogens is 243 g/mol. The van der Waals surface area contributed by atoms with E-state index < -0.39 is 0 Å². The molecule has 1 aromatic carbocycles. The topological polar surface area (TPSA) is 24.1 Å². The SMILES string of the molecule is Clc1ccc(Cl)c(NCCC2CCCN2)c1. The average Bonchev–Trinajstić information content (AvgIpc) is 2.76. The van der Waals surface area contributed by atoms with Crippen molar-refractivity contribution in [3.63, 3.8) is 0 Å². The molecule has 1 saturated heterocycles. The van der Waals surface area contributed by atoms with Crippen LogP contribution in [0.25, 0.3) is 0 Å². The largest absolute Gasteiger partial charge is 0.384 e. The first-order valence-corrected chi connectivity index (χ1v) is 6.43. The lowest BCUT2D eigenvalue weighted by atomic mass is 10.1. The summed E-state index contributed by atoms with van der Waals surface area (Å²) in [6.45, 7) is 2.08. The van der Waals surface area contributed by atoms with Crippen molar-refractivity contribution < 1.29 is 0 Å². The van der Waals surface area contributed by atoms with E-state index in [0.717, 1.165) is 30.2 Å². The molecule has 1 atom stereocenters. The molecule has 1 fully saturated rings. The van der Waals surface area contributed by atoms with Gasteiger partial charge in [-0.2, -0.15) is 0 Å². The lowest BCUT2D eigenvalue weighted by molar-refractivity contribution is 0.574. The molecule has 2 nitrogen and oxygen atoms in total. The van der Waals surface area contributed by atoms with Gasteiger partial charge in [0.25, 0.3) is 0 Å². The van der Waals surface area contributed by atoms with Crippen LogP contribution in [0.15, 0.2) is 18.2 Å². The lowest BCUT2D eigenvalue weighted by Crippen LogP contribution is -2.24. The average molecular weight is 259 g/mol. The van der Waals surface area contributed by atoms with Crippen LogP contribution in [0.2, 0.25) is 10.0 Å². The Kier molecular flexibility index (Phi) is 4.33. The van der Waals surface area contributed by atoms with Crippen LogP contribution < -0.4 is 10.6 Å². The van der Waals surface area contributed by atoms with E-state index >= 15 is 0 Å². The molecule has 0 saturated carbocycles. The molecule has 0 spiro atoms. The van der Waals surface area contributed by atoms with Gasteiger partial charge in [0.1, 0.15) is 0 Å². The van der Waals surface area contributed by atoms with Gasteiger partial charge in [0, 0.05) is 17.6 Å². The van der Waals surface area contributed by atoms with Crippen LogP contribution in [0.4, 0.5) is 5.69 Å². The second-order valence-corrected chi connectivity index (χ2v) is 4.98. The quantitative estimate of drug-likeness (QED) is 0.864. The highest BCUT2D eigenvalue weighted by atomic mass is 35.5. The number of hydrogen-bond acceptors (Lipinski definition) is 2. The molecule has 0 aromatic heterocycles. The fourth-order valence-corrected chi connectivity index (χ4v) is 2.37. The Morgan fingerprint density at radius 2 is 2.25 bits per heavy atom. The molecule has 1 aromatic rings. The first-order valence-electron chi connectivity index (χ1n) is 5.68. The van der Waals surface area contributed by atoms with E-state index in [1.807, 2.05) is 12.1 Å². The molecule has 1 unspecified atom stereocenters. The van der Waals surface area contributed by atoms with Crippen LogP contribution >= 0.6 is 23.2 Å². The Hall–Kier alpha value is -0.440. The monoisotopic (exact) mass is 258 g/mol. The third kappa shape index (κ3) is 3.27. The van der Waals surface area contributed by atoms with Gasteiger partial charge in [0.2, 0.25) is 0 Å². The molecule has 1 aliphatic heterocycles. The first kappa shape index (κ1) is 12.0. The van der Waals surface area contributed by atoms with Crippen LogP contribution in [-0.2, 0) is 0 Å². The Morgan fingerprint density at radius 1 is 1.38 bits per heavy atom. The number of nitrogens with one attached hydrogen (secondary N) is 2. The van der Waals surface area contributed by atoms with Crippen LogP contribution in [0, 0.1) is 0 Å². The van der Waals surface area contributed by atoms with Crippen LogP contribution in [0.1, 0.15) is 19.3 Å². The highest BCUT2D eigenvalue weighted by Gasteiger charge is 2.13. The highest BCUT2D eigenvalue weighted by molar-refractivity contribution is 6.35. The summed E-state index contributed by atoms with van der Waals surface area (Å²) >= 11 is 12.0. The predicted molar refractivity (Wildman–Crippen MR) is 70.6 cm³/mol. The van der Waals surface area contributed by atoms with Gasteiger partial charge in [0.15, 0.2) is 0 Å². The van der Waals surface area contributed by atoms with Crippen LogP contribution in [-0.4, -0.2) is 19.1 Å². The Labute approximate surface area is 106 Å². The summed E-state index contributed by atoms with van der Waals surface area (Å²) in [5, 5.41) is 8.23. The zero-order valence-electron chi connectivity index (χ0n) is 9.10. The van der Waals surface area contributed by atoms with Gasteiger partial charge in [-0.1, -0.05) is 23.2 Å². The molecule has 4 heteroatoms. The summed E-state index contributed by atoms with van der Waals surface area (Å²) in [7, 11) is 0. The summed E-state index contributed by atoms with van der Waals surface area (Å²) in [5.74, 6) is 0. The normalized spacial score (nSPS) is 20.0. The Bertz CT molecular complexity index is 349. The summed E-state index contributed by atoms with van der Waals surface area (Å²) in [4.78, 5) is 0. The molecule has 0 aliphatic carbocycles. The maximum atomic E-state index is 6.05. The molecule has 0 amide bonds. The van der Waals surface area contributed by atoms with Crippen LogP contribution in [0.5, 0.6) is 0 Å². The number of benzene rings is 1. The van der Waals surface area contributed by atoms with E-state index in [1.54, 1.807) is 6.07 Å². The number of anilines is 1. The number of rotatable bonds is 4. The number of hydrogen-bond donors (Lipinski definition) is 2. The number of halogens is 2. The van der Waals surface area contributed by atoms with Crippen molar-refractivity contribution in [1.29, 1.82) is 0 Å². The minimum absolute atomic E-state index is 0.658. The molecule has 0 bridgehead atoms. The molecule has 88 valence electrons. The van der Waals surface area contributed by atoms with Gasteiger partial charge in [0.05, 0.1) is 10.7 Å². The van der Waals surface area contributed by atoms with Gasteiger partial charge in [-0.25, -0.2) is 0 Å². The molecular formula is C12H16Cl2N2. The summed E-state index contributed by atoms with van der Waals surface area (Å²) in [5.41, 5.74) is 0.923. The van der Waals surface area contributed by atoms with Crippen molar-refractivity contribution >= 4 is 28.9 Å². The predicted octanol–water partition coefficient (Wildman–Crippen LogP) is 3.55. The maximum absolute atomic E-state index is 6.05. The third-order valence-corrected chi connectivity index (χ3v) is 3.46. The van der Waals surface area contributed by atoms with Gasteiger partial charge in [-0.05, 0) is 44.0 Å². The molecule has 16 heavy (non-hydrogen) atoms. The third-order valence-electron chi connectivity index (χ3n) is 2.90. The molecule has 1 heterocycles. The van der Waals surface area contributed by atoms with Crippen molar-refractivity contribution in [3.05, 3.63) is 28.2 Å². The standard InChI is InChI=1S/C12H16Cl2N2/c13-9-3-4-11(14)12(8-9)16-7-5-10-2-1-6-15-10/h3-4,8,10,15-16H,1-2,5-7H2. The van der Waals surface area contributed by atoms with Gasteiger partial charge >= 0.3 is 0 Å². The summed E-state index contributed by atoms with van der Waals surface area (Å²) in [6.07, 6.45) is 3.70. The van der Waals surface area contributed by atoms with Gasteiger partial charge < -0.3 is 10.6 Å². The van der Waals surface area contributed by atoms with E-state index in [1.165, 1.54) is 12.8 Å². The molecule has 2 rings (SSSR count). The fraction of sp³-hybridized carbons (Fsp3) is 0.500. The van der Waals surface area contributed by atoms with Gasteiger partial charge in [-0.15, -0.1) is 0 Å². The lowest BCUT2D eigenvalue weighted by Gasteiger charge is -2.12. The Morgan fingerprint density at radius 3 is 3.00 bits per heavy atom. The second kappa shape index (κ2) is 5.76. The second-order valence-electron chi connectivity index (χ2n) is 4.13. The van der Waals surface area contributed by atoms with Crippen molar-refractivity contribution in [3.8, 4) is 0 Å². The summed E-state index contributed by atoms with van der Waals surface area (Å²) in [6, 6.07) is 6.14. The van der Waals surface area contributed by atoms with E-state index in [9.17, 15) is 0 Å². The minimum Gasteiger partial charge on any atom is -0.384 e. The van der Waals surface area contributed by atoms with Crippen LogP contribution in [0.3, 0.4) is 0 Å². The minimum atomic E-state index is 0.658. The van der Waals surface area contributed by atoms with Crippen molar-refractivity contribution in [2.24, 2.45) is 0 Å². The zero-order valence-corrected chi connectivity index (χ0v) is 10.6. The molecule has 0 radical (unpaired) electrons. The van der Waals surface area contributed by atoms with Crippen molar-refractivity contribution in [2.45, 2.75) is 25.3 Å². The zero-order chi connectivity index (χ0) is 11.4. The molecule has 2 N–H and O–H groups in total. The van der Waals surface area contributed by atoms with E-state index in [4.69, 9.17) is 23.2 Å². The Balaban J connectivity index is 1.82. The van der Waals surface area contributed by atoms with E-state index in [-0.39, 0.29) is 0 Å². The highest BCUT2D eigenvalue weighted by Crippen LogP contribution is 2.25. The smallest absolute Gasteiger partial charge is 0.0638 e. The van der Waals surface area contributed by atoms with E-state index in [0.29, 0.717) is 11.1 Å². The van der Waals surface area contributed by atoms with Crippen molar-refractivity contribution in [1.82, 2.24) is 5.32 Å².